The number of hydrogen-bond acceptors (Lipinski definition) is 6. The van der Waals surface area contributed by atoms with Crippen LogP contribution in [0.5, 0.6) is 17.2 Å². The van der Waals surface area contributed by atoms with Crippen LogP contribution < -0.4 is 14.8 Å². The van der Waals surface area contributed by atoms with Crippen LogP contribution in [0, 0.1) is 11.3 Å². The summed E-state index contributed by atoms with van der Waals surface area (Å²) >= 11 is 0. The second-order valence-corrected chi connectivity index (χ2v) is 4.19. The molecule has 0 aromatic heterocycles. The first-order valence-corrected chi connectivity index (χ1v) is 6.41. The summed E-state index contributed by atoms with van der Waals surface area (Å²) in [5, 5.41) is 21.5. The second-order valence-electron chi connectivity index (χ2n) is 4.19. The van der Waals surface area contributed by atoms with Crippen LogP contribution in [0.15, 0.2) is 17.7 Å². The number of carbonyl (C=O) groups excluding carboxylic acids is 1. The molecule has 0 bridgehead atoms. The third-order valence-corrected chi connectivity index (χ3v) is 2.77. The number of nitrogens with one attached hydrogen (secondary N) is 1. The minimum atomic E-state index is -0.509. The zero-order valence-corrected chi connectivity index (χ0v) is 12.7. The van der Waals surface area contributed by atoms with Crippen LogP contribution in [0.3, 0.4) is 0 Å². The zero-order valence-electron chi connectivity index (χ0n) is 12.7. The van der Waals surface area contributed by atoms with Gasteiger partial charge in [-0.15, -0.1) is 0 Å². The van der Waals surface area contributed by atoms with Gasteiger partial charge in [-0.05, 0) is 23.8 Å². The molecule has 0 aliphatic rings. The lowest BCUT2D eigenvalue weighted by Gasteiger charge is -2.10. The Morgan fingerprint density at radius 2 is 1.91 bits per heavy atom. The summed E-state index contributed by atoms with van der Waals surface area (Å²) in [4.78, 5) is 11.9. The van der Waals surface area contributed by atoms with E-state index in [1.165, 1.54) is 39.5 Å². The van der Waals surface area contributed by atoms with Crippen molar-refractivity contribution in [2.24, 2.45) is 0 Å². The predicted molar refractivity (Wildman–Crippen MR) is 79.7 cm³/mol. The molecule has 0 fully saturated rings. The van der Waals surface area contributed by atoms with E-state index in [1.54, 1.807) is 0 Å². The third kappa shape index (κ3) is 4.40. The number of hydrogen-bond donors (Lipinski definition) is 2. The normalized spacial score (nSPS) is 10.7. The number of carbonyl (C=O) groups is 1. The maximum Gasteiger partial charge on any atom is 0.262 e. The number of phenolic OH excluding ortho intramolecular Hbond substituents is 1. The summed E-state index contributed by atoms with van der Waals surface area (Å²) in [7, 11) is 4.30. The van der Waals surface area contributed by atoms with E-state index in [9.17, 15) is 9.90 Å². The average molecular weight is 306 g/mol. The summed E-state index contributed by atoms with van der Waals surface area (Å²) in [6.45, 7) is 0.655. The van der Waals surface area contributed by atoms with Crippen LogP contribution in [-0.4, -0.2) is 45.5 Å². The lowest BCUT2D eigenvalue weighted by molar-refractivity contribution is -0.117. The highest BCUT2D eigenvalue weighted by atomic mass is 16.5. The molecule has 7 nitrogen and oxygen atoms in total. The molecule has 0 spiro atoms. The summed E-state index contributed by atoms with van der Waals surface area (Å²) in [6, 6.07) is 4.83. The number of phenols is 1. The van der Waals surface area contributed by atoms with Crippen LogP contribution in [0.4, 0.5) is 0 Å². The summed E-state index contributed by atoms with van der Waals surface area (Å²) in [5.41, 5.74) is 0.413. The molecule has 0 aliphatic heterocycles. The molecular formula is C15H18N2O5. The van der Waals surface area contributed by atoms with Crippen LogP contribution in [0.1, 0.15) is 5.56 Å². The van der Waals surface area contributed by atoms with Gasteiger partial charge in [0.15, 0.2) is 11.5 Å². The van der Waals surface area contributed by atoms with Crippen molar-refractivity contribution in [3.05, 3.63) is 23.3 Å². The van der Waals surface area contributed by atoms with Crippen molar-refractivity contribution in [3.8, 4) is 23.3 Å². The summed E-state index contributed by atoms with van der Waals surface area (Å²) in [6.07, 6.45) is 1.38. The fourth-order valence-electron chi connectivity index (χ4n) is 1.67. The van der Waals surface area contributed by atoms with E-state index >= 15 is 0 Å². The van der Waals surface area contributed by atoms with E-state index in [4.69, 9.17) is 19.5 Å². The van der Waals surface area contributed by atoms with Crippen molar-refractivity contribution < 1.29 is 24.1 Å². The van der Waals surface area contributed by atoms with E-state index in [0.717, 1.165) is 0 Å². The van der Waals surface area contributed by atoms with Gasteiger partial charge >= 0.3 is 0 Å². The molecule has 22 heavy (non-hydrogen) atoms. The lowest BCUT2D eigenvalue weighted by Crippen LogP contribution is -2.27. The number of nitrogens with zero attached hydrogens (tertiary/aromatic N) is 1. The third-order valence-electron chi connectivity index (χ3n) is 2.77. The highest BCUT2D eigenvalue weighted by Gasteiger charge is 2.13. The van der Waals surface area contributed by atoms with Crippen LogP contribution in [0.2, 0.25) is 0 Å². The van der Waals surface area contributed by atoms with E-state index < -0.39 is 5.91 Å². The Kier molecular flexibility index (Phi) is 6.73. The molecule has 0 aliphatic carbocycles. The molecule has 1 aromatic rings. The van der Waals surface area contributed by atoms with Gasteiger partial charge in [-0.25, -0.2) is 0 Å². The molecule has 0 saturated heterocycles. The average Bonchev–Trinajstić information content (AvgIpc) is 2.53. The van der Waals surface area contributed by atoms with Gasteiger partial charge in [-0.3, -0.25) is 4.79 Å². The molecule has 0 saturated carbocycles. The molecule has 0 radical (unpaired) electrons. The standard InChI is InChI=1S/C15H18N2O5/c1-20-5-4-17-15(19)11(9-16)6-10-7-12(21-2)14(18)13(8-10)22-3/h6-8,18H,4-5H2,1-3H3,(H,17,19). The molecular weight excluding hydrogens is 288 g/mol. The van der Waals surface area contributed by atoms with Gasteiger partial charge in [0.1, 0.15) is 11.6 Å². The first-order chi connectivity index (χ1) is 10.6. The molecule has 0 atom stereocenters. The number of nitriles is 1. The van der Waals surface area contributed by atoms with Crippen molar-refractivity contribution in [3.63, 3.8) is 0 Å². The van der Waals surface area contributed by atoms with E-state index in [-0.39, 0.29) is 22.8 Å². The first kappa shape index (κ1) is 17.3. The van der Waals surface area contributed by atoms with Crippen molar-refractivity contribution in [2.75, 3.05) is 34.5 Å². The largest absolute Gasteiger partial charge is 0.502 e. The molecule has 7 heteroatoms. The molecule has 1 amide bonds. The number of ether oxygens (including phenoxy) is 3. The SMILES string of the molecule is COCCNC(=O)C(C#N)=Cc1cc(OC)c(O)c(OC)c1. The zero-order chi connectivity index (χ0) is 16.5. The Labute approximate surface area is 128 Å². The smallest absolute Gasteiger partial charge is 0.262 e. The molecule has 118 valence electrons. The monoisotopic (exact) mass is 306 g/mol. The van der Waals surface area contributed by atoms with E-state index in [1.807, 2.05) is 6.07 Å². The van der Waals surface area contributed by atoms with Crippen molar-refractivity contribution in [1.29, 1.82) is 5.26 Å². The quantitative estimate of drug-likeness (QED) is 0.444. The minimum Gasteiger partial charge on any atom is -0.502 e. The highest BCUT2D eigenvalue weighted by Crippen LogP contribution is 2.37. The highest BCUT2D eigenvalue weighted by molar-refractivity contribution is 6.01. The second kappa shape index (κ2) is 8.54. The summed E-state index contributed by atoms with van der Waals surface area (Å²) in [5.74, 6) is -0.291. The summed E-state index contributed by atoms with van der Waals surface area (Å²) < 4.78 is 14.9. The van der Waals surface area contributed by atoms with Gasteiger partial charge in [0.25, 0.3) is 5.91 Å². The first-order valence-electron chi connectivity index (χ1n) is 6.41. The van der Waals surface area contributed by atoms with Crippen LogP contribution >= 0.6 is 0 Å². The lowest BCUT2D eigenvalue weighted by atomic mass is 10.1. The molecule has 1 aromatic carbocycles. The predicted octanol–water partition coefficient (Wildman–Crippen LogP) is 1.08. The van der Waals surface area contributed by atoms with Crippen LogP contribution in [-0.2, 0) is 9.53 Å². The number of amides is 1. The van der Waals surface area contributed by atoms with Crippen molar-refractivity contribution in [2.45, 2.75) is 0 Å². The number of aromatic hydroxyl groups is 1. The van der Waals surface area contributed by atoms with Gasteiger partial charge in [0.05, 0.1) is 20.8 Å². The Morgan fingerprint density at radius 1 is 1.32 bits per heavy atom. The van der Waals surface area contributed by atoms with Gasteiger partial charge in [-0.1, -0.05) is 0 Å². The van der Waals surface area contributed by atoms with Crippen molar-refractivity contribution in [1.82, 2.24) is 5.32 Å². The molecule has 2 N–H and O–H groups in total. The fourth-order valence-corrected chi connectivity index (χ4v) is 1.67. The fraction of sp³-hybridized carbons (Fsp3) is 0.333. The Morgan fingerprint density at radius 3 is 2.36 bits per heavy atom. The maximum atomic E-state index is 11.9. The van der Waals surface area contributed by atoms with Gasteiger partial charge in [-0.2, -0.15) is 5.26 Å². The van der Waals surface area contributed by atoms with Gasteiger partial charge < -0.3 is 24.6 Å². The molecule has 0 heterocycles. The Balaban J connectivity index is 3.07. The maximum absolute atomic E-state index is 11.9. The van der Waals surface area contributed by atoms with Crippen molar-refractivity contribution >= 4 is 12.0 Å². The van der Waals surface area contributed by atoms with Gasteiger partial charge in [0, 0.05) is 13.7 Å². The molecule has 0 unspecified atom stereocenters. The van der Waals surface area contributed by atoms with E-state index in [0.29, 0.717) is 18.7 Å². The Bertz CT molecular complexity index is 579. The molecule has 1 rings (SSSR count). The van der Waals surface area contributed by atoms with Gasteiger partial charge in [0.2, 0.25) is 5.75 Å². The number of rotatable bonds is 7. The van der Waals surface area contributed by atoms with E-state index in [2.05, 4.69) is 5.32 Å². The topological polar surface area (TPSA) is 101 Å². The number of benzene rings is 1. The Hall–Kier alpha value is -2.72. The number of methoxy groups -OCH3 is 3. The minimum absolute atomic E-state index is 0.0779. The van der Waals surface area contributed by atoms with Crippen LogP contribution in [0.25, 0.3) is 6.08 Å².